The van der Waals surface area contributed by atoms with Crippen molar-refractivity contribution in [3.05, 3.63) is 59.4 Å². The third-order valence-corrected chi connectivity index (χ3v) is 3.40. The average Bonchev–Trinajstić information content (AvgIpc) is 2.67. The van der Waals surface area contributed by atoms with E-state index in [-0.39, 0.29) is 48.1 Å². The van der Waals surface area contributed by atoms with E-state index in [1.165, 1.54) is 18.5 Å². The molecule has 0 saturated carbocycles. The summed E-state index contributed by atoms with van der Waals surface area (Å²) in [5.74, 6) is -0.689. The predicted octanol–water partition coefficient (Wildman–Crippen LogP) is -0.0347. The van der Waals surface area contributed by atoms with Gasteiger partial charge in [-0.3, -0.25) is 9.78 Å². The molecule has 2 aromatic rings. The van der Waals surface area contributed by atoms with Gasteiger partial charge in [0.25, 0.3) is 0 Å². The molecule has 1 aromatic carbocycles. The van der Waals surface area contributed by atoms with Crippen molar-refractivity contribution in [1.29, 1.82) is 0 Å². The number of hydrogen-bond donors (Lipinski definition) is 1. The van der Waals surface area contributed by atoms with Crippen LogP contribution in [0.3, 0.4) is 0 Å². The van der Waals surface area contributed by atoms with Gasteiger partial charge in [0.15, 0.2) is 0 Å². The summed E-state index contributed by atoms with van der Waals surface area (Å²) in [6, 6.07) is 9.51. The molecule has 0 aliphatic carbocycles. The van der Waals surface area contributed by atoms with E-state index >= 15 is 0 Å². The van der Waals surface area contributed by atoms with Gasteiger partial charge in [-0.2, -0.15) is 0 Å². The molecule has 0 spiro atoms. The van der Waals surface area contributed by atoms with Gasteiger partial charge in [0, 0.05) is 30.4 Å². The Morgan fingerprint density at radius 2 is 1.82 bits per heavy atom. The number of carbonyl (C=O) groups is 3. The molecule has 0 unspecified atom stereocenters. The molecule has 0 saturated heterocycles. The molecule has 0 atom stereocenters. The second kappa shape index (κ2) is 13.1. The number of hydrogen-bond acceptors (Lipinski definition) is 7. The molecular weight excluding hydrogens is 399 g/mol. The molecule has 0 aliphatic rings. The van der Waals surface area contributed by atoms with Gasteiger partial charge in [0.1, 0.15) is 5.75 Å². The first kappa shape index (κ1) is 23.9. The quantitative estimate of drug-likeness (QED) is 0.212. The molecule has 142 valence electrons. The van der Waals surface area contributed by atoms with Gasteiger partial charge in [-0.05, 0) is 42.8 Å². The smallest absolute Gasteiger partial charge is 0.427 e. The zero-order valence-electron chi connectivity index (χ0n) is 15.2. The molecular formula is C18H17ClN2NaO6+. The van der Waals surface area contributed by atoms with Crippen LogP contribution in [0.4, 0.5) is 4.79 Å². The maximum atomic E-state index is 11.7. The average molecular weight is 416 g/mol. The molecule has 10 heteroatoms. The summed E-state index contributed by atoms with van der Waals surface area (Å²) in [7, 11) is 0. The van der Waals surface area contributed by atoms with Gasteiger partial charge in [-0.15, -0.1) is 0 Å². The molecule has 1 aromatic heterocycles. The second-order valence-electron chi connectivity index (χ2n) is 5.18. The van der Waals surface area contributed by atoms with E-state index in [1.807, 2.05) is 0 Å². The summed E-state index contributed by atoms with van der Waals surface area (Å²) >= 11 is 5.74. The van der Waals surface area contributed by atoms with Crippen LogP contribution < -0.4 is 39.6 Å². The minimum Gasteiger partial charge on any atom is -0.427 e. The minimum atomic E-state index is -0.764. The molecule has 0 bridgehead atoms. The normalized spacial score (nSPS) is 9.61. The fraction of sp³-hybridized carbons (Fsp3) is 0.222. The molecule has 0 radical (unpaired) electrons. The number of amides is 1. The molecule has 2 rings (SSSR count). The van der Waals surface area contributed by atoms with Gasteiger partial charge < -0.3 is 19.5 Å². The zero-order chi connectivity index (χ0) is 19.5. The molecule has 1 N–H and O–H groups in total. The summed E-state index contributed by atoms with van der Waals surface area (Å²) < 4.78 is 14.6. The van der Waals surface area contributed by atoms with Crippen LogP contribution in [0.2, 0.25) is 5.02 Å². The number of halogens is 1. The third-order valence-electron chi connectivity index (χ3n) is 3.15. The van der Waals surface area contributed by atoms with Gasteiger partial charge in [0.05, 0.1) is 5.56 Å². The molecule has 8 nitrogen and oxygen atoms in total. The Morgan fingerprint density at radius 3 is 2.50 bits per heavy atom. The van der Waals surface area contributed by atoms with Crippen LogP contribution in [-0.2, 0) is 14.3 Å². The van der Waals surface area contributed by atoms with Gasteiger partial charge in [-0.1, -0.05) is 11.6 Å². The molecule has 0 aliphatic heterocycles. The number of rotatable bonds is 8. The Bertz CT molecular complexity index is 773. The topological polar surface area (TPSA) is 104 Å². The van der Waals surface area contributed by atoms with Crippen LogP contribution >= 0.6 is 11.6 Å². The van der Waals surface area contributed by atoms with Crippen molar-refractivity contribution in [2.24, 2.45) is 0 Å². The van der Waals surface area contributed by atoms with Crippen molar-refractivity contribution < 1.29 is 58.2 Å². The van der Waals surface area contributed by atoms with Crippen molar-refractivity contribution in [3.8, 4) is 5.75 Å². The first-order chi connectivity index (χ1) is 13.0. The minimum absolute atomic E-state index is 0. The predicted molar refractivity (Wildman–Crippen MR) is 95.3 cm³/mol. The number of pyridine rings is 1. The van der Waals surface area contributed by atoms with Gasteiger partial charge in [-0.25, -0.2) is 9.59 Å². The summed E-state index contributed by atoms with van der Waals surface area (Å²) in [5, 5.41) is 2.98. The number of alkyl carbamates (subject to hydrolysis) is 1. The largest absolute Gasteiger partial charge is 1.00 e. The number of benzene rings is 1. The summed E-state index contributed by atoms with van der Waals surface area (Å²) in [5.41, 5.74) is 0.251. The van der Waals surface area contributed by atoms with Crippen molar-refractivity contribution in [2.45, 2.75) is 12.8 Å². The van der Waals surface area contributed by atoms with E-state index < -0.39 is 24.8 Å². The van der Waals surface area contributed by atoms with Crippen LogP contribution in [0.25, 0.3) is 0 Å². The Hall–Kier alpha value is -2.13. The Balaban J connectivity index is 0.00000392. The Labute approximate surface area is 188 Å². The van der Waals surface area contributed by atoms with Gasteiger partial charge in [0.2, 0.25) is 6.79 Å². The fourth-order valence-corrected chi connectivity index (χ4v) is 1.99. The first-order valence-corrected chi connectivity index (χ1v) is 8.36. The van der Waals surface area contributed by atoms with Gasteiger partial charge >= 0.3 is 47.6 Å². The van der Waals surface area contributed by atoms with E-state index in [0.717, 1.165) is 0 Å². The number of aromatic nitrogens is 1. The van der Waals surface area contributed by atoms with Crippen molar-refractivity contribution in [2.75, 3.05) is 13.3 Å². The zero-order valence-corrected chi connectivity index (χ0v) is 18.0. The maximum Gasteiger partial charge on any atom is 1.00 e. The summed E-state index contributed by atoms with van der Waals surface area (Å²) in [4.78, 5) is 38.5. The van der Waals surface area contributed by atoms with E-state index in [1.54, 1.807) is 30.3 Å². The standard InChI is InChI=1S/C18H17ClN2O6.Na/c19-14-5-7-15(8-6-14)27-16(22)4-2-10-21-18(24)26-12-25-17(23)13-3-1-9-20-11-13;/h1,3,5-9,11H,2,4,10,12H2,(H,21,24);/q;+1. The molecule has 1 amide bonds. The van der Waals surface area contributed by atoms with Crippen LogP contribution in [-0.4, -0.2) is 36.4 Å². The Morgan fingerprint density at radius 1 is 1.07 bits per heavy atom. The number of nitrogens with zero attached hydrogens (tertiary/aromatic N) is 1. The van der Waals surface area contributed by atoms with Crippen molar-refractivity contribution >= 4 is 29.6 Å². The van der Waals surface area contributed by atoms with E-state index in [4.69, 9.17) is 25.8 Å². The van der Waals surface area contributed by atoms with E-state index in [2.05, 4.69) is 10.3 Å². The second-order valence-corrected chi connectivity index (χ2v) is 5.62. The summed E-state index contributed by atoms with van der Waals surface area (Å²) in [6.45, 7) is -0.330. The monoisotopic (exact) mass is 415 g/mol. The number of ether oxygens (including phenoxy) is 3. The summed E-state index contributed by atoms with van der Waals surface area (Å²) in [6.07, 6.45) is 2.56. The van der Waals surface area contributed by atoms with E-state index in [9.17, 15) is 14.4 Å². The number of esters is 2. The van der Waals surface area contributed by atoms with Crippen LogP contribution in [0.15, 0.2) is 48.8 Å². The number of nitrogens with one attached hydrogen (secondary N) is 1. The number of carbonyl (C=O) groups excluding carboxylic acids is 3. The van der Waals surface area contributed by atoms with Crippen molar-refractivity contribution in [3.63, 3.8) is 0 Å². The van der Waals surface area contributed by atoms with Crippen molar-refractivity contribution in [1.82, 2.24) is 10.3 Å². The molecule has 1 heterocycles. The third kappa shape index (κ3) is 9.18. The fourth-order valence-electron chi connectivity index (χ4n) is 1.86. The first-order valence-electron chi connectivity index (χ1n) is 7.98. The van der Waals surface area contributed by atoms with Crippen LogP contribution in [0, 0.1) is 0 Å². The molecule has 28 heavy (non-hydrogen) atoms. The van der Waals surface area contributed by atoms with E-state index in [0.29, 0.717) is 17.2 Å². The van der Waals surface area contributed by atoms with Crippen LogP contribution in [0.5, 0.6) is 5.75 Å². The SMILES string of the molecule is O=C(CCCNC(=O)OCOC(=O)c1cccnc1)Oc1ccc(Cl)cc1.[Na+]. The molecule has 0 fully saturated rings. The van der Waals surface area contributed by atoms with Crippen LogP contribution in [0.1, 0.15) is 23.2 Å². The maximum absolute atomic E-state index is 11.7. The Kier molecular flexibility index (Phi) is 11.2.